The number of nitrogens with one attached hydrogen (secondary N) is 1. The highest BCUT2D eigenvalue weighted by molar-refractivity contribution is 7.89. The maximum absolute atomic E-state index is 13.1. The number of ether oxygens (including phenoxy) is 2. The van der Waals surface area contributed by atoms with E-state index in [0.717, 1.165) is 65.0 Å². The van der Waals surface area contributed by atoms with Crippen molar-refractivity contribution in [2.75, 3.05) is 59.6 Å². The van der Waals surface area contributed by atoms with Crippen LogP contribution in [-0.2, 0) is 14.8 Å². The van der Waals surface area contributed by atoms with Crippen LogP contribution in [0.15, 0.2) is 23.1 Å². The smallest absolute Gasteiger partial charge is 0.255 e. The molecule has 30 heavy (non-hydrogen) atoms. The van der Waals surface area contributed by atoms with Crippen LogP contribution in [0.5, 0.6) is 5.75 Å². The second kappa shape index (κ2) is 11.1. The summed E-state index contributed by atoms with van der Waals surface area (Å²) in [5.41, 5.74) is 0.250. The van der Waals surface area contributed by atoms with Gasteiger partial charge in [0.15, 0.2) is 0 Å². The Balaban J connectivity index is 1.65. The van der Waals surface area contributed by atoms with Crippen LogP contribution < -0.4 is 10.1 Å². The van der Waals surface area contributed by atoms with E-state index in [1.54, 1.807) is 6.07 Å². The highest BCUT2D eigenvalue weighted by Gasteiger charge is 2.27. The Hall–Kier alpha value is -1.68. The molecule has 0 saturated carbocycles. The number of carbonyl (C=O) groups excluding carboxylic acids is 1. The van der Waals surface area contributed by atoms with Crippen molar-refractivity contribution in [3.05, 3.63) is 23.8 Å². The third-order valence-corrected chi connectivity index (χ3v) is 7.55. The van der Waals surface area contributed by atoms with Crippen LogP contribution in [0.2, 0.25) is 0 Å². The van der Waals surface area contributed by atoms with Gasteiger partial charge in [-0.05, 0) is 44.0 Å². The number of nitrogens with zero attached hydrogens (tertiary/aromatic N) is 2. The van der Waals surface area contributed by atoms with E-state index in [2.05, 4.69) is 10.2 Å². The first-order valence-corrected chi connectivity index (χ1v) is 12.2. The largest absolute Gasteiger partial charge is 0.496 e. The van der Waals surface area contributed by atoms with Crippen LogP contribution in [0.25, 0.3) is 0 Å². The third-order valence-electron chi connectivity index (χ3n) is 5.66. The number of sulfonamides is 1. The number of amides is 1. The van der Waals surface area contributed by atoms with Crippen molar-refractivity contribution in [3.63, 3.8) is 0 Å². The van der Waals surface area contributed by atoms with E-state index in [-0.39, 0.29) is 16.4 Å². The monoisotopic (exact) mass is 439 g/mol. The number of benzene rings is 1. The molecule has 0 atom stereocenters. The molecule has 1 aromatic rings. The Morgan fingerprint density at radius 1 is 1.10 bits per heavy atom. The van der Waals surface area contributed by atoms with Gasteiger partial charge in [0.2, 0.25) is 10.0 Å². The van der Waals surface area contributed by atoms with Crippen molar-refractivity contribution >= 4 is 15.9 Å². The van der Waals surface area contributed by atoms with Gasteiger partial charge in [-0.25, -0.2) is 8.42 Å². The molecule has 2 saturated heterocycles. The van der Waals surface area contributed by atoms with E-state index in [4.69, 9.17) is 9.47 Å². The quantitative estimate of drug-likeness (QED) is 0.621. The van der Waals surface area contributed by atoms with Gasteiger partial charge < -0.3 is 14.8 Å². The summed E-state index contributed by atoms with van der Waals surface area (Å²) in [5.74, 6) is 0.0530. The predicted octanol–water partition coefficient (Wildman–Crippen LogP) is 1.71. The first kappa shape index (κ1) is 23.0. The summed E-state index contributed by atoms with van der Waals surface area (Å²) in [5, 5.41) is 2.90. The average molecular weight is 440 g/mol. The van der Waals surface area contributed by atoms with Crippen molar-refractivity contribution in [1.82, 2.24) is 14.5 Å². The molecule has 0 unspecified atom stereocenters. The zero-order valence-electron chi connectivity index (χ0n) is 17.8. The van der Waals surface area contributed by atoms with Crippen molar-refractivity contribution in [2.45, 2.75) is 37.0 Å². The molecule has 8 nitrogen and oxygen atoms in total. The SMILES string of the molecule is COc1ccc(S(=O)(=O)N2CCCCCC2)cc1C(=O)NCCCN1CCOCC1. The normalized spacial score (nSPS) is 19.2. The molecule has 2 heterocycles. The standard InChI is InChI=1S/C21H33N3O5S/c1-28-20-8-7-18(30(26,27)24-11-4-2-3-5-12-24)17-19(20)21(25)22-9-6-10-23-13-15-29-16-14-23/h7-8,17H,2-6,9-16H2,1H3,(H,22,25). The molecular formula is C21H33N3O5S. The summed E-state index contributed by atoms with van der Waals surface area (Å²) in [6, 6.07) is 4.53. The van der Waals surface area contributed by atoms with Crippen LogP contribution in [0, 0.1) is 0 Å². The first-order valence-electron chi connectivity index (χ1n) is 10.8. The van der Waals surface area contributed by atoms with Gasteiger partial charge in [0, 0.05) is 32.7 Å². The first-order chi connectivity index (χ1) is 14.5. The summed E-state index contributed by atoms with van der Waals surface area (Å²) in [7, 11) is -2.15. The summed E-state index contributed by atoms with van der Waals surface area (Å²) in [6.07, 6.45) is 4.65. The number of hydrogen-bond acceptors (Lipinski definition) is 6. The van der Waals surface area contributed by atoms with E-state index < -0.39 is 10.0 Å². The lowest BCUT2D eigenvalue weighted by molar-refractivity contribution is 0.0374. The number of carbonyl (C=O) groups is 1. The lowest BCUT2D eigenvalue weighted by Crippen LogP contribution is -2.38. The number of morpholine rings is 1. The molecule has 1 aromatic carbocycles. The zero-order valence-corrected chi connectivity index (χ0v) is 18.6. The second-order valence-electron chi connectivity index (χ2n) is 7.74. The highest BCUT2D eigenvalue weighted by Crippen LogP contribution is 2.26. The molecule has 1 amide bonds. The second-order valence-corrected chi connectivity index (χ2v) is 9.68. The molecule has 2 aliphatic rings. The van der Waals surface area contributed by atoms with E-state index in [0.29, 0.717) is 25.4 Å². The van der Waals surface area contributed by atoms with Crippen molar-refractivity contribution in [1.29, 1.82) is 0 Å². The van der Waals surface area contributed by atoms with Gasteiger partial charge in [-0.3, -0.25) is 9.69 Å². The lowest BCUT2D eigenvalue weighted by Gasteiger charge is -2.26. The maximum atomic E-state index is 13.1. The van der Waals surface area contributed by atoms with E-state index >= 15 is 0 Å². The Morgan fingerprint density at radius 2 is 1.80 bits per heavy atom. The van der Waals surface area contributed by atoms with Gasteiger partial charge in [0.05, 0.1) is 30.8 Å². The molecule has 0 radical (unpaired) electrons. The molecule has 3 rings (SSSR count). The summed E-state index contributed by atoms with van der Waals surface area (Å²) < 4.78 is 38.4. The summed E-state index contributed by atoms with van der Waals surface area (Å²) in [4.78, 5) is 15.2. The molecular weight excluding hydrogens is 406 g/mol. The molecule has 1 N–H and O–H groups in total. The Labute approximate surface area is 179 Å². The van der Waals surface area contributed by atoms with E-state index in [1.807, 2.05) is 0 Å². The maximum Gasteiger partial charge on any atom is 0.255 e. The van der Waals surface area contributed by atoms with Crippen LogP contribution in [-0.4, -0.2) is 83.1 Å². The fraction of sp³-hybridized carbons (Fsp3) is 0.667. The van der Waals surface area contributed by atoms with Gasteiger partial charge in [0.1, 0.15) is 5.75 Å². The molecule has 0 spiro atoms. The molecule has 9 heteroatoms. The number of hydrogen-bond donors (Lipinski definition) is 1. The van der Waals surface area contributed by atoms with Crippen molar-refractivity contribution in [2.24, 2.45) is 0 Å². The van der Waals surface area contributed by atoms with Gasteiger partial charge in [-0.2, -0.15) is 4.31 Å². The fourth-order valence-electron chi connectivity index (χ4n) is 3.88. The Kier molecular flexibility index (Phi) is 8.50. The molecule has 0 aliphatic carbocycles. The zero-order chi connectivity index (χ0) is 21.4. The fourth-order valence-corrected chi connectivity index (χ4v) is 5.42. The summed E-state index contributed by atoms with van der Waals surface area (Å²) in [6.45, 7) is 5.79. The Bertz CT molecular complexity index is 801. The predicted molar refractivity (Wildman–Crippen MR) is 114 cm³/mol. The lowest BCUT2D eigenvalue weighted by atomic mass is 10.2. The van der Waals surface area contributed by atoms with Crippen LogP contribution in [0.1, 0.15) is 42.5 Å². The van der Waals surface area contributed by atoms with Crippen LogP contribution in [0.4, 0.5) is 0 Å². The molecule has 2 fully saturated rings. The Morgan fingerprint density at radius 3 is 2.47 bits per heavy atom. The number of rotatable bonds is 8. The topological polar surface area (TPSA) is 88.2 Å². The third kappa shape index (κ3) is 5.94. The summed E-state index contributed by atoms with van der Waals surface area (Å²) >= 11 is 0. The van der Waals surface area contributed by atoms with Crippen molar-refractivity contribution in [3.8, 4) is 5.75 Å². The molecule has 168 valence electrons. The average Bonchev–Trinajstić information content (AvgIpc) is 3.07. The van der Waals surface area contributed by atoms with E-state index in [9.17, 15) is 13.2 Å². The van der Waals surface area contributed by atoms with Gasteiger partial charge in [-0.15, -0.1) is 0 Å². The minimum absolute atomic E-state index is 0.142. The molecule has 2 aliphatic heterocycles. The van der Waals surface area contributed by atoms with Crippen LogP contribution >= 0.6 is 0 Å². The molecule has 0 aromatic heterocycles. The highest BCUT2D eigenvalue weighted by atomic mass is 32.2. The van der Waals surface area contributed by atoms with Gasteiger partial charge in [-0.1, -0.05) is 12.8 Å². The minimum Gasteiger partial charge on any atom is -0.496 e. The molecule has 0 bridgehead atoms. The number of methoxy groups -OCH3 is 1. The van der Waals surface area contributed by atoms with Gasteiger partial charge in [0.25, 0.3) is 5.91 Å². The van der Waals surface area contributed by atoms with Crippen molar-refractivity contribution < 1.29 is 22.7 Å². The minimum atomic E-state index is -3.63. The van der Waals surface area contributed by atoms with Gasteiger partial charge >= 0.3 is 0 Å². The van der Waals surface area contributed by atoms with Crippen LogP contribution in [0.3, 0.4) is 0 Å². The van der Waals surface area contributed by atoms with E-state index in [1.165, 1.54) is 23.5 Å².